The minimum absolute atomic E-state index is 0.0361. The maximum atomic E-state index is 12.2. The van der Waals surface area contributed by atoms with E-state index in [9.17, 15) is 13.2 Å². The first-order valence-electron chi connectivity index (χ1n) is 5.66. The van der Waals surface area contributed by atoms with Crippen LogP contribution < -0.4 is 0 Å². The van der Waals surface area contributed by atoms with Crippen LogP contribution in [-0.2, 0) is 26.0 Å². The van der Waals surface area contributed by atoms with Gasteiger partial charge in [-0.1, -0.05) is 6.92 Å². The minimum atomic E-state index is -3.90. The number of hydrogen-bond donors (Lipinski definition) is 2. The van der Waals surface area contributed by atoms with E-state index in [1.165, 1.54) is 13.3 Å². The summed E-state index contributed by atoms with van der Waals surface area (Å²) in [5.41, 5.74) is 0. The molecule has 19 heavy (non-hydrogen) atoms. The van der Waals surface area contributed by atoms with Crippen LogP contribution in [0.15, 0.2) is 11.2 Å². The Hall–Kier alpha value is -1.45. The lowest BCUT2D eigenvalue weighted by Gasteiger charge is -2.18. The van der Waals surface area contributed by atoms with E-state index >= 15 is 0 Å². The Balaban J connectivity index is 3.00. The van der Waals surface area contributed by atoms with Gasteiger partial charge in [0, 0.05) is 20.1 Å². The molecule has 1 rings (SSSR count). The van der Waals surface area contributed by atoms with E-state index in [4.69, 9.17) is 9.84 Å². The molecular weight excluding hydrogens is 274 g/mol. The van der Waals surface area contributed by atoms with Gasteiger partial charge in [0.05, 0.1) is 12.8 Å². The number of carboxylic acid groups (broad SMARTS) is 1. The normalized spacial score (nSPS) is 11.9. The molecule has 0 bridgehead atoms. The zero-order valence-electron chi connectivity index (χ0n) is 10.8. The third kappa shape index (κ3) is 4.01. The van der Waals surface area contributed by atoms with Crippen molar-refractivity contribution in [3.8, 4) is 0 Å². The van der Waals surface area contributed by atoms with E-state index in [0.29, 0.717) is 12.2 Å². The summed E-state index contributed by atoms with van der Waals surface area (Å²) in [6.07, 6.45) is 1.75. The van der Waals surface area contributed by atoms with Crippen molar-refractivity contribution in [1.82, 2.24) is 14.3 Å². The first-order chi connectivity index (χ1) is 8.91. The van der Waals surface area contributed by atoms with Gasteiger partial charge in [-0.2, -0.15) is 4.31 Å². The van der Waals surface area contributed by atoms with Gasteiger partial charge in [-0.05, 0) is 0 Å². The molecule has 0 aliphatic rings. The predicted molar refractivity (Wildman–Crippen MR) is 66.2 cm³/mol. The van der Waals surface area contributed by atoms with Gasteiger partial charge in [0.2, 0.25) is 0 Å². The molecule has 108 valence electrons. The molecule has 0 radical (unpaired) electrons. The maximum absolute atomic E-state index is 12.2. The molecule has 1 aromatic rings. The molecule has 8 nitrogen and oxygen atoms in total. The Labute approximate surface area is 111 Å². The Bertz CT molecular complexity index is 525. The molecule has 0 unspecified atom stereocenters. The topological polar surface area (TPSA) is 113 Å². The molecule has 0 saturated carbocycles. The number of nitrogens with zero attached hydrogens (tertiary/aromatic N) is 2. The Morgan fingerprint density at radius 3 is 2.74 bits per heavy atom. The first-order valence-corrected chi connectivity index (χ1v) is 7.10. The number of sulfonamides is 1. The van der Waals surface area contributed by atoms with Crippen molar-refractivity contribution < 1.29 is 23.1 Å². The van der Waals surface area contributed by atoms with E-state index in [-0.39, 0.29) is 18.2 Å². The molecule has 0 aliphatic heterocycles. The van der Waals surface area contributed by atoms with E-state index in [0.717, 1.165) is 4.31 Å². The van der Waals surface area contributed by atoms with E-state index < -0.39 is 22.5 Å². The molecule has 2 N–H and O–H groups in total. The molecule has 0 amide bonds. The second-order valence-corrected chi connectivity index (χ2v) is 5.68. The SMILES string of the molecule is CCc1ncc(S(=O)(=O)N(CCOC)CC(=O)O)[nH]1. The fraction of sp³-hybridized carbons (Fsp3) is 0.600. The van der Waals surface area contributed by atoms with Crippen LogP contribution in [0.4, 0.5) is 0 Å². The molecule has 1 heterocycles. The van der Waals surface area contributed by atoms with Crippen LogP contribution in [0.3, 0.4) is 0 Å². The third-order valence-corrected chi connectivity index (χ3v) is 4.17. The van der Waals surface area contributed by atoms with Gasteiger partial charge in [-0.15, -0.1) is 0 Å². The number of hydrogen-bond acceptors (Lipinski definition) is 5. The summed E-state index contributed by atoms with van der Waals surface area (Å²) in [6.45, 7) is 1.29. The maximum Gasteiger partial charge on any atom is 0.318 e. The second-order valence-electron chi connectivity index (χ2n) is 3.77. The Morgan fingerprint density at radius 1 is 1.58 bits per heavy atom. The number of H-pyrrole nitrogens is 1. The van der Waals surface area contributed by atoms with Crippen molar-refractivity contribution in [2.45, 2.75) is 18.4 Å². The highest BCUT2D eigenvalue weighted by atomic mass is 32.2. The molecule has 0 atom stereocenters. The summed E-state index contributed by atoms with van der Waals surface area (Å²) < 4.78 is 30.1. The van der Waals surface area contributed by atoms with Crippen LogP contribution >= 0.6 is 0 Å². The van der Waals surface area contributed by atoms with Crippen LogP contribution in [-0.4, -0.2) is 60.6 Å². The van der Waals surface area contributed by atoms with Crippen LogP contribution in [0.1, 0.15) is 12.7 Å². The molecule has 0 aliphatic carbocycles. The zero-order valence-corrected chi connectivity index (χ0v) is 11.6. The molecule has 9 heteroatoms. The number of carboxylic acids is 1. The van der Waals surface area contributed by atoms with Crippen molar-refractivity contribution in [2.75, 3.05) is 26.8 Å². The van der Waals surface area contributed by atoms with Crippen molar-refractivity contribution in [3.63, 3.8) is 0 Å². The number of aliphatic carboxylic acids is 1. The number of carbonyl (C=O) groups is 1. The number of ether oxygens (including phenoxy) is 1. The Morgan fingerprint density at radius 2 is 2.26 bits per heavy atom. The highest BCUT2D eigenvalue weighted by molar-refractivity contribution is 7.89. The average molecular weight is 291 g/mol. The largest absolute Gasteiger partial charge is 0.480 e. The van der Waals surface area contributed by atoms with Gasteiger partial charge in [0.1, 0.15) is 12.4 Å². The zero-order chi connectivity index (χ0) is 14.5. The highest BCUT2D eigenvalue weighted by Crippen LogP contribution is 2.13. The number of methoxy groups -OCH3 is 1. The number of aromatic nitrogens is 2. The monoisotopic (exact) mass is 291 g/mol. The smallest absolute Gasteiger partial charge is 0.318 e. The fourth-order valence-corrected chi connectivity index (χ4v) is 2.73. The second kappa shape index (κ2) is 6.64. The number of nitrogens with one attached hydrogen (secondary N) is 1. The molecular formula is C10H17N3O5S. The molecule has 0 spiro atoms. The highest BCUT2D eigenvalue weighted by Gasteiger charge is 2.28. The summed E-state index contributed by atoms with van der Waals surface area (Å²) in [5.74, 6) is -0.699. The summed E-state index contributed by atoms with van der Waals surface area (Å²) in [4.78, 5) is 17.3. The standard InChI is InChI=1S/C10H17N3O5S/c1-3-8-11-6-9(12-8)19(16,17)13(4-5-18-2)7-10(14)15/h6H,3-5,7H2,1-2H3,(H,11,12)(H,14,15). The minimum Gasteiger partial charge on any atom is -0.480 e. The van der Waals surface area contributed by atoms with E-state index in [2.05, 4.69) is 9.97 Å². The molecule has 1 aromatic heterocycles. The molecule has 0 aromatic carbocycles. The number of aromatic amines is 1. The van der Waals surface area contributed by atoms with Gasteiger partial charge in [-0.3, -0.25) is 4.79 Å². The number of rotatable bonds is 8. The van der Waals surface area contributed by atoms with Crippen molar-refractivity contribution in [1.29, 1.82) is 0 Å². The third-order valence-electron chi connectivity index (χ3n) is 2.41. The lowest BCUT2D eigenvalue weighted by atomic mass is 10.5. The summed E-state index contributed by atoms with van der Waals surface area (Å²) >= 11 is 0. The van der Waals surface area contributed by atoms with Gasteiger partial charge < -0.3 is 14.8 Å². The lowest BCUT2D eigenvalue weighted by molar-refractivity contribution is -0.137. The first kappa shape index (κ1) is 15.6. The summed E-state index contributed by atoms with van der Waals surface area (Å²) in [5, 5.41) is 8.66. The number of aryl methyl sites for hydroxylation is 1. The van der Waals surface area contributed by atoms with E-state index in [1.807, 2.05) is 6.92 Å². The van der Waals surface area contributed by atoms with Crippen molar-refractivity contribution in [2.24, 2.45) is 0 Å². The van der Waals surface area contributed by atoms with Crippen LogP contribution in [0.2, 0.25) is 0 Å². The number of imidazole rings is 1. The van der Waals surface area contributed by atoms with Crippen LogP contribution in [0.5, 0.6) is 0 Å². The van der Waals surface area contributed by atoms with Gasteiger partial charge in [0.25, 0.3) is 10.0 Å². The van der Waals surface area contributed by atoms with Crippen molar-refractivity contribution in [3.05, 3.63) is 12.0 Å². The average Bonchev–Trinajstić information content (AvgIpc) is 2.83. The molecule has 0 fully saturated rings. The quantitative estimate of drug-likeness (QED) is 0.679. The van der Waals surface area contributed by atoms with Gasteiger partial charge in [-0.25, -0.2) is 13.4 Å². The van der Waals surface area contributed by atoms with E-state index in [1.54, 1.807) is 0 Å². The summed E-state index contributed by atoms with van der Waals surface area (Å²) in [7, 11) is -2.49. The summed E-state index contributed by atoms with van der Waals surface area (Å²) in [6, 6.07) is 0. The Kier molecular flexibility index (Phi) is 5.45. The van der Waals surface area contributed by atoms with Gasteiger partial charge in [0.15, 0.2) is 5.03 Å². The van der Waals surface area contributed by atoms with Gasteiger partial charge >= 0.3 is 5.97 Å². The molecule has 0 saturated heterocycles. The lowest BCUT2D eigenvalue weighted by Crippen LogP contribution is -2.38. The predicted octanol–water partition coefficient (Wildman–Crippen LogP) is -0.306. The fourth-order valence-electron chi connectivity index (χ4n) is 1.42. The van der Waals surface area contributed by atoms with Crippen LogP contribution in [0.25, 0.3) is 0 Å². The van der Waals surface area contributed by atoms with Crippen molar-refractivity contribution >= 4 is 16.0 Å². The van der Waals surface area contributed by atoms with Crippen LogP contribution in [0, 0.1) is 0 Å².